The smallest absolute Gasteiger partial charge is 0.0714 e. The first kappa shape index (κ1) is 24.3. The Kier molecular flexibility index (Phi) is 5.86. The average Bonchev–Trinajstić information content (AvgIpc) is 3.07. The van der Waals surface area contributed by atoms with Gasteiger partial charge in [-0.25, -0.2) is 0 Å². The molecule has 0 bridgehead atoms. The molecule has 0 aliphatic rings. The standard InChI is InChI=1S/C41H27N/c1-3-12-28(13-4-1)31-22-24-37-38(26-31)41(36-20-10-9-19-35(36)40(37)30-15-5-2-6-16-30)39-25-23-32(27-42-39)34-21-11-17-29-14-7-8-18-33(29)34/h1-27H. The van der Waals surface area contributed by atoms with Crippen molar-refractivity contribution in [2.24, 2.45) is 0 Å². The van der Waals surface area contributed by atoms with E-state index >= 15 is 0 Å². The molecule has 1 aromatic heterocycles. The van der Waals surface area contributed by atoms with Crippen LogP contribution in [0.5, 0.6) is 0 Å². The van der Waals surface area contributed by atoms with Crippen LogP contribution in [0.25, 0.3) is 77.0 Å². The lowest BCUT2D eigenvalue weighted by molar-refractivity contribution is 1.34. The van der Waals surface area contributed by atoms with Gasteiger partial charge < -0.3 is 0 Å². The van der Waals surface area contributed by atoms with Crippen molar-refractivity contribution in [1.29, 1.82) is 0 Å². The zero-order valence-corrected chi connectivity index (χ0v) is 23.0. The first-order valence-corrected chi connectivity index (χ1v) is 14.4. The molecule has 0 spiro atoms. The summed E-state index contributed by atoms with van der Waals surface area (Å²) in [6, 6.07) is 56.4. The number of benzene rings is 7. The number of hydrogen-bond acceptors (Lipinski definition) is 1. The maximum atomic E-state index is 5.14. The highest BCUT2D eigenvalue weighted by Gasteiger charge is 2.18. The number of rotatable bonds is 4. The second-order valence-electron chi connectivity index (χ2n) is 10.7. The van der Waals surface area contributed by atoms with Crippen LogP contribution in [0.1, 0.15) is 0 Å². The van der Waals surface area contributed by atoms with E-state index in [0.717, 1.165) is 11.3 Å². The van der Waals surface area contributed by atoms with Gasteiger partial charge in [-0.05, 0) is 72.3 Å². The number of hydrogen-bond donors (Lipinski definition) is 0. The molecular weight excluding hydrogens is 506 g/mol. The van der Waals surface area contributed by atoms with Crippen molar-refractivity contribution in [1.82, 2.24) is 4.98 Å². The van der Waals surface area contributed by atoms with Crippen LogP contribution in [0, 0.1) is 0 Å². The van der Waals surface area contributed by atoms with Crippen LogP contribution in [0.2, 0.25) is 0 Å². The third kappa shape index (κ3) is 4.06. The maximum Gasteiger partial charge on any atom is 0.0714 e. The van der Waals surface area contributed by atoms with E-state index in [1.54, 1.807) is 0 Å². The molecule has 0 radical (unpaired) electrons. The second-order valence-corrected chi connectivity index (χ2v) is 10.7. The molecule has 7 aromatic carbocycles. The maximum absolute atomic E-state index is 5.14. The molecule has 42 heavy (non-hydrogen) atoms. The van der Waals surface area contributed by atoms with Crippen molar-refractivity contribution in [3.63, 3.8) is 0 Å². The average molecular weight is 534 g/mol. The van der Waals surface area contributed by atoms with E-state index in [4.69, 9.17) is 4.98 Å². The molecule has 0 fully saturated rings. The zero-order valence-electron chi connectivity index (χ0n) is 23.0. The predicted octanol–water partition coefficient (Wildman–Crippen LogP) is 11.2. The molecule has 8 rings (SSSR count). The van der Waals surface area contributed by atoms with Gasteiger partial charge in [-0.3, -0.25) is 4.98 Å². The van der Waals surface area contributed by atoms with Crippen LogP contribution in [0.4, 0.5) is 0 Å². The monoisotopic (exact) mass is 533 g/mol. The van der Waals surface area contributed by atoms with Gasteiger partial charge in [0.25, 0.3) is 0 Å². The molecule has 1 heterocycles. The summed E-state index contributed by atoms with van der Waals surface area (Å²) in [5.74, 6) is 0. The summed E-state index contributed by atoms with van der Waals surface area (Å²) in [6.07, 6.45) is 2.03. The van der Waals surface area contributed by atoms with Crippen molar-refractivity contribution < 1.29 is 0 Å². The van der Waals surface area contributed by atoms with Crippen LogP contribution in [-0.4, -0.2) is 4.98 Å². The highest BCUT2D eigenvalue weighted by Crippen LogP contribution is 2.44. The van der Waals surface area contributed by atoms with E-state index in [1.165, 1.54) is 65.7 Å². The Morgan fingerprint density at radius 1 is 0.333 bits per heavy atom. The lowest BCUT2D eigenvalue weighted by atomic mass is 9.86. The van der Waals surface area contributed by atoms with Gasteiger partial charge in [-0.2, -0.15) is 0 Å². The molecule has 0 atom stereocenters. The lowest BCUT2D eigenvalue weighted by Crippen LogP contribution is -1.93. The summed E-state index contributed by atoms with van der Waals surface area (Å²) in [5, 5.41) is 7.36. The fourth-order valence-corrected chi connectivity index (χ4v) is 6.36. The third-order valence-electron chi connectivity index (χ3n) is 8.31. The molecule has 0 saturated heterocycles. The van der Waals surface area contributed by atoms with Crippen LogP contribution in [0.3, 0.4) is 0 Å². The Bertz CT molecular complexity index is 2210. The largest absolute Gasteiger partial charge is 0.256 e. The van der Waals surface area contributed by atoms with E-state index < -0.39 is 0 Å². The van der Waals surface area contributed by atoms with Crippen LogP contribution in [-0.2, 0) is 0 Å². The van der Waals surface area contributed by atoms with E-state index in [2.05, 4.69) is 158 Å². The molecule has 0 unspecified atom stereocenters. The van der Waals surface area contributed by atoms with Crippen LogP contribution < -0.4 is 0 Å². The van der Waals surface area contributed by atoms with E-state index in [0.29, 0.717) is 0 Å². The van der Waals surface area contributed by atoms with Crippen molar-refractivity contribution >= 4 is 32.3 Å². The Morgan fingerprint density at radius 3 is 1.67 bits per heavy atom. The van der Waals surface area contributed by atoms with Gasteiger partial charge >= 0.3 is 0 Å². The molecule has 0 amide bonds. The fraction of sp³-hybridized carbons (Fsp3) is 0. The molecule has 8 aromatic rings. The van der Waals surface area contributed by atoms with Crippen LogP contribution >= 0.6 is 0 Å². The molecule has 0 N–H and O–H groups in total. The van der Waals surface area contributed by atoms with Crippen molar-refractivity contribution in [3.8, 4) is 44.6 Å². The Labute approximate surface area is 245 Å². The summed E-state index contributed by atoms with van der Waals surface area (Å²) in [7, 11) is 0. The Balaban J connectivity index is 1.40. The predicted molar refractivity (Wildman–Crippen MR) is 178 cm³/mol. The van der Waals surface area contributed by atoms with Crippen LogP contribution in [0.15, 0.2) is 164 Å². The fourth-order valence-electron chi connectivity index (χ4n) is 6.36. The van der Waals surface area contributed by atoms with Gasteiger partial charge in [-0.15, -0.1) is 0 Å². The number of fused-ring (bicyclic) bond motifs is 3. The minimum atomic E-state index is 0.977. The minimum Gasteiger partial charge on any atom is -0.256 e. The highest BCUT2D eigenvalue weighted by molar-refractivity contribution is 6.21. The first-order chi connectivity index (χ1) is 20.8. The summed E-state index contributed by atoms with van der Waals surface area (Å²) in [5.41, 5.74) is 9.36. The molecule has 0 aliphatic heterocycles. The molecule has 0 saturated carbocycles. The molecule has 0 aliphatic carbocycles. The Hall–Kier alpha value is -5.53. The third-order valence-corrected chi connectivity index (χ3v) is 8.31. The van der Waals surface area contributed by atoms with Gasteiger partial charge in [0.05, 0.1) is 5.69 Å². The topological polar surface area (TPSA) is 12.9 Å². The Morgan fingerprint density at radius 2 is 0.929 bits per heavy atom. The summed E-state index contributed by atoms with van der Waals surface area (Å²) >= 11 is 0. The van der Waals surface area contributed by atoms with E-state index in [1.807, 2.05) is 6.20 Å². The molecular formula is C41H27N. The summed E-state index contributed by atoms with van der Waals surface area (Å²) < 4.78 is 0. The van der Waals surface area contributed by atoms with E-state index in [-0.39, 0.29) is 0 Å². The summed E-state index contributed by atoms with van der Waals surface area (Å²) in [4.78, 5) is 5.14. The van der Waals surface area contributed by atoms with Gasteiger partial charge in [0, 0.05) is 17.3 Å². The molecule has 1 heteroatoms. The number of aromatic nitrogens is 1. The van der Waals surface area contributed by atoms with Gasteiger partial charge in [0.2, 0.25) is 0 Å². The normalized spacial score (nSPS) is 11.3. The lowest BCUT2D eigenvalue weighted by Gasteiger charge is -2.18. The van der Waals surface area contributed by atoms with E-state index in [9.17, 15) is 0 Å². The molecule has 196 valence electrons. The first-order valence-electron chi connectivity index (χ1n) is 14.4. The van der Waals surface area contributed by atoms with Gasteiger partial charge in [0.15, 0.2) is 0 Å². The van der Waals surface area contributed by atoms with Crippen molar-refractivity contribution in [3.05, 3.63) is 164 Å². The second kappa shape index (κ2) is 10.1. The number of pyridine rings is 1. The van der Waals surface area contributed by atoms with Gasteiger partial charge in [-0.1, -0.05) is 146 Å². The molecule has 1 nitrogen and oxygen atoms in total. The SMILES string of the molecule is c1ccc(-c2ccc3c(-c4ccccc4)c4ccccc4c(-c4ccc(-c5cccc6ccccc56)cn4)c3c2)cc1. The minimum absolute atomic E-state index is 0.977. The van der Waals surface area contributed by atoms with Crippen molar-refractivity contribution in [2.45, 2.75) is 0 Å². The quantitative estimate of drug-likeness (QED) is 0.205. The van der Waals surface area contributed by atoms with Gasteiger partial charge in [0.1, 0.15) is 0 Å². The number of nitrogens with zero attached hydrogens (tertiary/aromatic N) is 1. The van der Waals surface area contributed by atoms with Crippen molar-refractivity contribution in [2.75, 3.05) is 0 Å². The highest BCUT2D eigenvalue weighted by atomic mass is 14.7. The zero-order chi connectivity index (χ0) is 27.9. The summed E-state index contributed by atoms with van der Waals surface area (Å²) in [6.45, 7) is 0.